The number of carbonyl (C=O) groups is 2. The third kappa shape index (κ3) is 4.06. The first-order valence-electron chi connectivity index (χ1n) is 7.36. The fourth-order valence-electron chi connectivity index (χ4n) is 2.04. The summed E-state index contributed by atoms with van der Waals surface area (Å²) in [5, 5.41) is 3.92. The highest BCUT2D eigenvalue weighted by Crippen LogP contribution is 2.00. The van der Waals surface area contributed by atoms with Gasteiger partial charge in [-0.1, -0.05) is 0 Å². The van der Waals surface area contributed by atoms with E-state index >= 15 is 0 Å². The van der Waals surface area contributed by atoms with Crippen LogP contribution in [0, 0.1) is 5.71 Å². The molecular weight excluding hydrogens is 296 g/mol. The summed E-state index contributed by atoms with van der Waals surface area (Å²) >= 11 is 0. The molecule has 1 aromatic rings. The number of carbonyl (C=O) groups excluding carboxylic acids is 2. The van der Waals surface area contributed by atoms with Crippen LogP contribution in [0.5, 0.6) is 0 Å². The molecule has 1 aliphatic heterocycles. The van der Waals surface area contributed by atoms with Gasteiger partial charge in [0.2, 0.25) is 0 Å². The average Bonchev–Trinajstić information content (AvgIpc) is 2.57. The highest BCUT2D eigenvalue weighted by Gasteiger charge is 2.31. The number of ether oxygens (including phenoxy) is 2. The molecule has 0 aromatic carbocycles. The summed E-state index contributed by atoms with van der Waals surface area (Å²) in [4.78, 5) is 24.1. The minimum atomic E-state index is -0.710. The van der Waals surface area contributed by atoms with Gasteiger partial charge in [0.25, 0.3) is 0 Å². The summed E-state index contributed by atoms with van der Waals surface area (Å²) in [6.45, 7) is 3.73. The zero-order valence-electron chi connectivity index (χ0n) is 13.1. The summed E-state index contributed by atoms with van der Waals surface area (Å²) in [7, 11) is 0. The van der Waals surface area contributed by atoms with Crippen molar-refractivity contribution in [2.45, 2.75) is 13.8 Å². The molecule has 2 rings (SSSR count). The molecule has 0 radical (unpaired) electrons. The monoisotopic (exact) mass is 315 g/mol. The predicted octanol–water partition coefficient (Wildman–Crippen LogP) is 0.262. The van der Waals surface area contributed by atoms with Crippen LogP contribution in [0.2, 0.25) is 0 Å². The van der Waals surface area contributed by atoms with Gasteiger partial charge in [-0.25, -0.2) is 9.59 Å². The number of esters is 2. The van der Waals surface area contributed by atoms with Gasteiger partial charge in [0.15, 0.2) is 12.4 Å². The summed E-state index contributed by atoms with van der Waals surface area (Å²) in [5.41, 5.74) is 0.853. The second-order valence-electron chi connectivity index (χ2n) is 4.57. The topological polar surface area (TPSA) is 70.5 Å². The number of rotatable bonds is 4. The lowest BCUT2D eigenvalue weighted by Gasteiger charge is -2.02. The van der Waals surface area contributed by atoms with Crippen molar-refractivity contribution in [2.24, 2.45) is 0 Å². The summed E-state index contributed by atoms with van der Waals surface area (Å²) < 4.78 is 11.3. The molecule has 0 aliphatic carbocycles. The van der Waals surface area contributed by atoms with Crippen molar-refractivity contribution in [1.82, 2.24) is 5.32 Å². The number of nitrogens with one attached hydrogen (secondary N) is 1. The second-order valence-corrected chi connectivity index (χ2v) is 4.57. The Bertz CT molecular complexity index is 721. The molecule has 0 amide bonds. The maximum atomic E-state index is 12.0. The Hall–Kier alpha value is -2.89. The number of aromatic nitrogens is 1. The van der Waals surface area contributed by atoms with E-state index in [1.54, 1.807) is 26.2 Å². The Morgan fingerprint density at radius 2 is 1.52 bits per heavy atom. The Morgan fingerprint density at radius 3 is 2.00 bits per heavy atom. The van der Waals surface area contributed by atoms with E-state index in [4.69, 9.17) is 9.47 Å². The fourth-order valence-corrected chi connectivity index (χ4v) is 2.04. The van der Waals surface area contributed by atoms with E-state index < -0.39 is 11.9 Å². The zero-order valence-corrected chi connectivity index (χ0v) is 13.1. The predicted molar refractivity (Wildman–Crippen MR) is 83.0 cm³/mol. The second kappa shape index (κ2) is 7.93. The Kier molecular flexibility index (Phi) is 5.68. The van der Waals surface area contributed by atoms with Gasteiger partial charge in [-0.15, -0.1) is 0 Å². The summed E-state index contributed by atoms with van der Waals surface area (Å²) in [6, 6.07) is 3.63. The molecule has 0 spiro atoms. The Labute approximate surface area is 134 Å². The zero-order chi connectivity index (χ0) is 16.7. The molecule has 1 aliphatic rings. The van der Waals surface area contributed by atoms with E-state index in [0.717, 1.165) is 10.8 Å². The van der Waals surface area contributed by atoms with Crippen LogP contribution in [0.4, 0.5) is 0 Å². The molecule has 1 N–H and O–H groups in total. The molecule has 6 heteroatoms. The molecule has 0 saturated carbocycles. The van der Waals surface area contributed by atoms with E-state index in [0.29, 0.717) is 0 Å². The van der Waals surface area contributed by atoms with E-state index in [9.17, 15) is 9.59 Å². The van der Waals surface area contributed by atoms with Crippen molar-refractivity contribution in [3.8, 4) is 0 Å². The molecule has 6 nitrogen and oxygen atoms in total. The maximum Gasteiger partial charge on any atom is 0.412 e. The molecule has 0 fully saturated rings. The number of allylic oxidation sites excluding steroid dienone is 2. The van der Waals surface area contributed by atoms with Crippen LogP contribution >= 0.6 is 0 Å². The molecule has 0 unspecified atom stereocenters. The van der Waals surface area contributed by atoms with Gasteiger partial charge in [-0.05, 0) is 36.8 Å². The standard InChI is InChI=1S/C17H18N2O4/c1-3-22-16(20)15(17(21)23-4-2)19-11-7-14(8-12-19)13-5-9-18-10-6-13/h5-12H,3-4H2,1-2H3/p+1. The number of pyridine rings is 1. The van der Waals surface area contributed by atoms with Crippen LogP contribution in [0.15, 0.2) is 49.1 Å². The van der Waals surface area contributed by atoms with Crippen molar-refractivity contribution >= 4 is 17.5 Å². The van der Waals surface area contributed by atoms with E-state index in [-0.39, 0.29) is 18.9 Å². The molecule has 2 heterocycles. The van der Waals surface area contributed by atoms with Crippen LogP contribution in [0.3, 0.4) is 0 Å². The fraction of sp³-hybridized carbons (Fsp3) is 0.235. The van der Waals surface area contributed by atoms with Crippen molar-refractivity contribution in [3.63, 3.8) is 0 Å². The van der Waals surface area contributed by atoms with Crippen LogP contribution < -0.4 is 14.8 Å². The lowest BCUT2D eigenvalue weighted by Crippen LogP contribution is -2.35. The van der Waals surface area contributed by atoms with E-state index in [1.807, 2.05) is 36.7 Å². The summed E-state index contributed by atoms with van der Waals surface area (Å²) in [6.07, 6.45) is 10.8. The highest BCUT2D eigenvalue weighted by molar-refractivity contribution is 6.05. The third-order valence-electron chi connectivity index (χ3n) is 3.08. The van der Waals surface area contributed by atoms with Crippen molar-refractivity contribution in [3.05, 3.63) is 60.0 Å². The van der Waals surface area contributed by atoms with Crippen LogP contribution in [0.1, 0.15) is 13.8 Å². The molecule has 0 saturated heterocycles. The van der Waals surface area contributed by atoms with Crippen molar-refractivity contribution in [1.29, 1.82) is 0 Å². The van der Waals surface area contributed by atoms with Crippen LogP contribution in [0.25, 0.3) is 5.57 Å². The first kappa shape index (κ1) is 16.5. The van der Waals surface area contributed by atoms with Gasteiger partial charge in [0, 0.05) is 24.5 Å². The first-order valence-corrected chi connectivity index (χ1v) is 7.36. The minimum Gasteiger partial charge on any atom is -0.458 e. The lowest BCUT2D eigenvalue weighted by atomic mass is 10.1. The first-order chi connectivity index (χ1) is 11.2. The number of hydrogen-bond donors (Lipinski definition) is 1. The molecule has 0 bridgehead atoms. The number of hydrogen-bond acceptors (Lipinski definition) is 5. The van der Waals surface area contributed by atoms with E-state index in [2.05, 4.69) is 5.32 Å². The SMILES string of the molecule is CCOC(=O)C(C(=O)OCC)=[n+]1ccc(=C2C=CNC=C2)cc1. The van der Waals surface area contributed by atoms with Gasteiger partial charge in [0.05, 0.1) is 13.2 Å². The van der Waals surface area contributed by atoms with Crippen LogP contribution in [-0.2, 0) is 19.1 Å². The third-order valence-corrected chi connectivity index (χ3v) is 3.08. The van der Waals surface area contributed by atoms with E-state index in [1.165, 1.54) is 4.24 Å². The quantitative estimate of drug-likeness (QED) is 0.490. The number of dihydropyridines is 1. The molecule has 23 heavy (non-hydrogen) atoms. The highest BCUT2D eigenvalue weighted by atomic mass is 16.6. The van der Waals surface area contributed by atoms with Gasteiger partial charge in [-0.2, -0.15) is 4.24 Å². The molecular formula is C17H19N2O4+. The van der Waals surface area contributed by atoms with Gasteiger partial charge < -0.3 is 14.8 Å². The summed E-state index contributed by atoms with van der Waals surface area (Å²) in [5.74, 6) is -1.42. The van der Waals surface area contributed by atoms with Gasteiger partial charge in [-0.3, -0.25) is 0 Å². The Balaban J connectivity index is 2.52. The van der Waals surface area contributed by atoms with Crippen LogP contribution in [-0.4, -0.2) is 25.2 Å². The molecule has 0 atom stereocenters. The lowest BCUT2D eigenvalue weighted by molar-refractivity contribution is -0.517. The molecule has 120 valence electrons. The largest absolute Gasteiger partial charge is 0.458 e. The number of nitrogens with zero attached hydrogens (tertiary/aromatic N) is 1. The Morgan fingerprint density at radius 1 is 1.00 bits per heavy atom. The maximum absolute atomic E-state index is 12.0. The van der Waals surface area contributed by atoms with Crippen molar-refractivity contribution in [2.75, 3.05) is 13.2 Å². The normalized spacial score (nSPS) is 12.5. The van der Waals surface area contributed by atoms with Gasteiger partial charge in [0.1, 0.15) is 0 Å². The smallest absolute Gasteiger partial charge is 0.412 e. The van der Waals surface area contributed by atoms with Crippen molar-refractivity contribution < 1.29 is 23.3 Å². The minimum absolute atomic E-state index is 0.165. The molecule has 1 aromatic heterocycles. The van der Waals surface area contributed by atoms with Gasteiger partial charge >= 0.3 is 17.7 Å². The average molecular weight is 315 g/mol.